The Bertz CT molecular complexity index is 2290. The molecular weight excluding hydrogens is 949 g/mol. The van der Waals surface area contributed by atoms with Crippen LogP contribution < -0.4 is 10.6 Å². The first-order valence-corrected chi connectivity index (χ1v) is 29.4. The maximum absolute atomic E-state index is 14.3. The van der Waals surface area contributed by atoms with E-state index < -0.39 is 46.7 Å². The van der Waals surface area contributed by atoms with Gasteiger partial charge in [0.1, 0.15) is 23.8 Å². The molecule has 0 aromatic heterocycles. The number of Topliss-reactive ketones (excluding diaryl/α,β-unsaturated/α-hetero) is 2. The second kappa shape index (κ2) is 21.0. The summed E-state index contributed by atoms with van der Waals surface area (Å²) >= 11 is 0. The monoisotopic (exact) mass is 1040 g/mol. The van der Waals surface area contributed by atoms with Crippen molar-refractivity contribution in [2.45, 2.75) is 184 Å². The maximum Gasteiger partial charge on any atom is 0.414 e. The lowest BCUT2D eigenvalue weighted by molar-refractivity contribution is -0.197. The number of carbonyl (C=O) groups excluding carboxylic acids is 6. The molecule has 14 heteroatoms. The molecule has 6 aliphatic carbocycles. The number of hydrogen-bond acceptors (Lipinski definition) is 12. The summed E-state index contributed by atoms with van der Waals surface area (Å²) in [6.45, 7) is 26.6. The fourth-order valence-electron chi connectivity index (χ4n) is 19.0. The SMILES string of the molecule is C/C=C/C[C@]1(C)C[C@@H](OC(=O)NC(=O)[C@H]2CN3CC[C@@H]2C3)[C@@]2(C)C3C(=O)CCC3(CC[C@H]2C)[C@@H](C)[C@@H]1O.C/C=C/C[C@]1(C)C[C@@H](OC(=O)NC(=O)[C@H]2CN3CC[C@@H]2C3)[C@@]2(C)C3[C@H](OC)CCC3(CC[C@H]2C)[C@@H](C)C1=O. The molecule has 4 saturated heterocycles. The highest BCUT2D eigenvalue weighted by Crippen LogP contribution is 2.70. The highest BCUT2D eigenvalue weighted by atomic mass is 16.6. The van der Waals surface area contributed by atoms with E-state index in [0.717, 1.165) is 90.5 Å². The molecule has 14 nitrogen and oxygen atoms in total. The van der Waals surface area contributed by atoms with Gasteiger partial charge < -0.3 is 29.1 Å². The van der Waals surface area contributed by atoms with Crippen molar-refractivity contribution in [2.24, 2.45) is 91.7 Å². The van der Waals surface area contributed by atoms with E-state index in [4.69, 9.17) is 14.2 Å². The number of aliphatic hydroxyl groups is 1. The molecule has 10 rings (SSSR count). The Morgan fingerprint density at radius 2 is 1.20 bits per heavy atom. The van der Waals surface area contributed by atoms with Crippen LogP contribution in [-0.4, -0.2) is 121 Å². The minimum absolute atomic E-state index is 0.0248. The molecule has 4 heterocycles. The molecule has 0 aromatic carbocycles. The number of carbonyl (C=O) groups is 6. The number of methoxy groups -OCH3 is 1. The van der Waals surface area contributed by atoms with Crippen LogP contribution >= 0.6 is 0 Å². The van der Waals surface area contributed by atoms with E-state index in [-0.39, 0.29) is 93.1 Å². The van der Waals surface area contributed by atoms with Gasteiger partial charge in [-0.05, 0) is 151 Å². The zero-order chi connectivity index (χ0) is 54.2. The number of nitrogens with one attached hydrogen (secondary N) is 2. The number of nitrogens with zero attached hydrogens (tertiary/aromatic N) is 2. The second-order valence-corrected chi connectivity index (χ2v) is 27.4. The molecule has 4 aliphatic heterocycles. The van der Waals surface area contributed by atoms with Gasteiger partial charge in [0.15, 0.2) is 0 Å². The molecule has 10 fully saturated rings. The van der Waals surface area contributed by atoms with Crippen molar-refractivity contribution < 1.29 is 48.1 Å². The van der Waals surface area contributed by atoms with Crippen molar-refractivity contribution in [3.63, 3.8) is 0 Å². The van der Waals surface area contributed by atoms with Crippen molar-refractivity contribution in [3.8, 4) is 0 Å². The summed E-state index contributed by atoms with van der Waals surface area (Å²) in [5.74, 6) is 0.551. The van der Waals surface area contributed by atoms with Gasteiger partial charge in [0.2, 0.25) is 11.8 Å². The number of rotatable bonds is 9. The van der Waals surface area contributed by atoms with Crippen molar-refractivity contribution in [3.05, 3.63) is 24.3 Å². The second-order valence-electron chi connectivity index (χ2n) is 27.4. The summed E-state index contributed by atoms with van der Waals surface area (Å²) in [4.78, 5) is 85.3. The summed E-state index contributed by atoms with van der Waals surface area (Å²) in [5, 5.41) is 17.0. The zero-order valence-corrected chi connectivity index (χ0v) is 47.6. The van der Waals surface area contributed by atoms with Gasteiger partial charge in [0, 0.05) is 79.1 Å². The van der Waals surface area contributed by atoms with Crippen LogP contribution in [-0.2, 0) is 33.4 Å². The molecule has 3 N–H and O–H groups in total. The molecule has 8 bridgehead atoms. The number of ketones is 2. The van der Waals surface area contributed by atoms with Gasteiger partial charge in [-0.15, -0.1) is 0 Å². The van der Waals surface area contributed by atoms with Gasteiger partial charge in [-0.1, -0.05) is 79.7 Å². The van der Waals surface area contributed by atoms with E-state index in [1.54, 1.807) is 7.11 Å². The van der Waals surface area contributed by atoms with Crippen molar-refractivity contribution in [1.82, 2.24) is 20.4 Å². The summed E-state index contributed by atoms with van der Waals surface area (Å²) in [5.41, 5.74) is -2.57. The third kappa shape index (κ3) is 9.32. The Kier molecular flexibility index (Phi) is 15.7. The molecule has 4 amide bonds. The number of ether oxygens (including phenoxy) is 3. The first-order chi connectivity index (χ1) is 35.5. The number of allylic oxidation sites excluding steroid dienone is 4. The molecule has 418 valence electrons. The van der Waals surface area contributed by atoms with Gasteiger partial charge in [0.05, 0.1) is 24.0 Å². The summed E-state index contributed by atoms with van der Waals surface area (Å²) in [7, 11) is 1.78. The third-order valence-corrected chi connectivity index (χ3v) is 24.0. The third-order valence-electron chi connectivity index (χ3n) is 24.0. The molecule has 0 aromatic rings. The van der Waals surface area contributed by atoms with Crippen LogP contribution in [0.5, 0.6) is 0 Å². The van der Waals surface area contributed by atoms with Crippen molar-refractivity contribution in [2.75, 3.05) is 46.4 Å². The summed E-state index contributed by atoms with van der Waals surface area (Å²) in [6, 6.07) is 0. The fourth-order valence-corrected chi connectivity index (χ4v) is 19.0. The molecule has 10 aliphatic rings. The maximum atomic E-state index is 14.3. The molecular formula is C61H94N4O10. The molecule has 0 spiro atoms. The lowest BCUT2D eigenvalue weighted by Gasteiger charge is -2.62. The molecule has 75 heavy (non-hydrogen) atoms. The van der Waals surface area contributed by atoms with E-state index in [1.165, 1.54) is 0 Å². The minimum atomic E-state index is -0.709. The van der Waals surface area contributed by atoms with Crippen LogP contribution in [0.3, 0.4) is 0 Å². The van der Waals surface area contributed by atoms with Gasteiger partial charge >= 0.3 is 12.2 Å². The minimum Gasteiger partial charge on any atom is -0.445 e. The van der Waals surface area contributed by atoms with Gasteiger partial charge in [-0.25, -0.2) is 9.59 Å². The molecule has 0 radical (unpaired) electrons. The van der Waals surface area contributed by atoms with Crippen LogP contribution in [0.1, 0.15) is 159 Å². The number of imide groups is 2. The number of amides is 4. The normalized spacial score (nSPS) is 48.5. The quantitative estimate of drug-likeness (QED) is 0.187. The Hall–Kier alpha value is -3.46. The largest absolute Gasteiger partial charge is 0.445 e. The van der Waals surface area contributed by atoms with Gasteiger partial charge in [0.25, 0.3) is 0 Å². The van der Waals surface area contributed by atoms with E-state index in [0.29, 0.717) is 50.5 Å². The zero-order valence-electron chi connectivity index (χ0n) is 47.6. The van der Waals surface area contributed by atoms with Gasteiger partial charge in [-0.2, -0.15) is 0 Å². The van der Waals surface area contributed by atoms with Crippen LogP contribution in [0.15, 0.2) is 24.3 Å². The first kappa shape index (κ1) is 56.3. The van der Waals surface area contributed by atoms with E-state index in [1.807, 2.05) is 26.0 Å². The Balaban J connectivity index is 0.000000184. The van der Waals surface area contributed by atoms with Crippen LogP contribution in [0.25, 0.3) is 0 Å². The Labute approximate surface area is 448 Å². The topological polar surface area (TPSA) is 181 Å². The van der Waals surface area contributed by atoms with Crippen molar-refractivity contribution in [1.29, 1.82) is 0 Å². The first-order valence-electron chi connectivity index (χ1n) is 29.4. The average Bonchev–Trinajstić information content (AvgIpc) is 4.28. The lowest BCUT2D eigenvalue weighted by atomic mass is 9.43. The smallest absolute Gasteiger partial charge is 0.414 e. The van der Waals surface area contributed by atoms with Crippen LogP contribution in [0.2, 0.25) is 0 Å². The van der Waals surface area contributed by atoms with E-state index in [2.05, 4.69) is 88.0 Å². The standard InChI is InChI=1S/C31H48N2O5.C30H46N2O5/c1-7-8-12-29(4)16-24(38-28(36)32-27(35)22-18-33-15-11-21(22)17-33)30(5)19(2)9-13-31(20(3)26(29)34)14-10-23(37-6)25(30)31;1-6-7-11-28(4)15-23(37-27(36)31-26(35)21-17-32-14-10-20(21)16-32)29(5)18(2)8-12-30(19(3)25(28)34)13-9-22(33)24(29)30/h7-8,19-25H,9-18H2,1-6H3,(H,32,35,36);6-7,18-21,23-25,34H,8-17H2,1-5H3,(H,31,35,36)/b8-7+;7-6+/t19-,20+,21-,22+,23-,24-,25?,29-,30+,31?;18-,19+,20-,21+,23-,24?,25+,28-,29+,30?/m11/s1. The van der Waals surface area contributed by atoms with Gasteiger partial charge in [-0.3, -0.25) is 29.8 Å². The number of alkyl carbamates (subject to hydrolysis) is 2. The number of aliphatic hydroxyl groups excluding tert-OH is 1. The highest BCUT2D eigenvalue weighted by molar-refractivity contribution is 5.94. The Morgan fingerprint density at radius 3 is 1.72 bits per heavy atom. The molecule has 22 atom stereocenters. The molecule has 6 unspecified atom stereocenters. The predicted octanol–water partition coefficient (Wildman–Crippen LogP) is 9.32. The summed E-state index contributed by atoms with van der Waals surface area (Å²) in [6.07, 6.45) is 16.3. The highest BCUT2D eigenvalue weighted by Gasteiger charge is 2.70. The average molecular weight is 1040 g/mol. The van der Waals surface area contributed by atoms with Crippen molar-refractivity contribution >= 4 is 35.6 Å². The molecule has 6 saturated carbocycles. The van der Waals surface area contributed by atoms with E-state index in [9.17, 15) is 33.9 Å². The van der Waals surface area contributed by atoms with Crippen LogP contribution in [0.4, 0.5) is 9.59 Å². The Morgan fingerprint density at radius 1 is 0.680 bits per heavy atom. The summed E-state index contributed by atoms with van der Waals surface area (Å²) < 4.78 is 18.7. The fraction of sp³-hybridized carbons (Fsp3) is 0.836. The number of fused-ring (bicyclic) bond motifs is 4. The number of piperidine rings is 2. The van der Waals surface area contributed by atoms with E-state index >= 15 is 0 Å². The predicted molar refractivity (Wildman–Crippen MR) is 286 cm³/mol. The lowest BCUT2D eigenvalue weighted by Crippen LogP contribution is -2.63. The van der Waals surface area contributed by atoms with Crippen LogP contribution in [0, 0.1) is 91.7 Å². The number of hydrogen-bond donors (Lipinski definition) is 3.